The summed E-state index contributed by atoms with van der Waals surface area (Å²) in [6.45, 7) is 3.85. The van der Waals surface area contributed by atoms with E-state index >= 15 is 0 Å². The van der Waals surface area contributed by atoms with Gasteiger partial charge in [0.2, 0.25) is 0 Å². The Morgan fingerprint density at radius 3 is 2.45 bits per heavy atom. The standard InChI is InChI=1S/C29H26N4O5/c1-17-27(18(2)38-32-17)23-13-19-14-24(28(34)31-20-8-10-22(36-3)11-9-20)29(35)33(25(19)15-26(23)37-4)16-21-7-5-6-12-30-21/h5-15H,16H2,1-4H3,(H,31,34). The van der Waals surface area contributed by atoms with E-state index in [-0.39, 0.29) is 12.1 Å². The summed E-state index contributed by atoms with van der Waals surface area (Å²) in [7, 11) is 3.14. The summed E-state index contributed by atoms with van der Waals surface area (Å²) in [6.07, 6.45) is 1.67. The Balaban J connectivity index is 1.69. The number of fused-ring (bicyclic) bond motifs is 1. The second-order valence-corrected chi connectivity index (χ2v) is 8.76. The number of benzene rings is 2. The number of aromatic nitrogens is 3. The molecule has 0 unspecified atom stereocenters. The summed E-state index contributed by atoms with van der Waals surface area (Å²) in [5.74, 6) is 1.33. The molecule has 0 fully saturated rings. The van der Waals surface area contributed by atoms with Crippen molar-refractivity contribution in [3.05, 3.63) is 99.9 Å². The van der Waals surface area contributed by atoms with E-state index in [2.05, 4.69) is 15.5 Å². The number of rotatable bonds is 7. The maximum Gasteiger partial charge on any atom is 0.264 e. The number of nitrogens with one attached hydrogen (secondary N) is 1. The van der Waals surface area contributed by atoms with E-state index in [9.17, 15) is 9.59 Å². The molecule has 1 N–H and O–H groups in total. The molecule has 0 aliphatic heterocycles. The highest BCUT2D eigenvalue weighted by Crippen LogP contribution is 2.37. The highest BCUT2D eigenvalue weighted by molar-refractivity contribution is 6.06. The molecule has 0 aliphatic carbocycles. The number of amides is 1. The maximum absolute atomic E-state index is 13.7. The number of anilines is 1. The van der Waals surface area contributed by atoms with Crippen LogP contribution in [-0.2, 0) is 6.54 Å². The van der Waals surface area contributed by atoms with Gasteiger partial charge >= 0.3 is 0 Å². The first-order valence-corrected chi connectivity index (χ1v) is 11.9. The van der Waals surface area contributed by atoms with Crippen molar-refractivity contribution in [3.63, 3.8) is 0 Å². The number of pyridine rings is 2. The van der Waals surface area contributed by atoms with Gasteiger partial charge in [0.15, 0.2) is 0 Å². The Bertz CT molecular complexity index is 1670. The number of carbonyl (C=O) groups excluding carboxylic acids is 1. The van der Waals surface area contributed by atoms with Crippen molar-refractivity contribution in [3.8, 4) is 22.6 Å². The van der Waals surface area contributed by atoms with Crippen LogP contribution in [0.25, 0.3) is 22.0 Å². The molecule has 38 heavy (non-hydrogen) atoms. The van der Waals surface area contributed by atoms with E-state index in [4.69, 9.17) is 14.0 Å². The molecule has 0 spiro atoms. The molecule has 0 saturated heterocycles. The zero-order valence-electron chi connectivity index (χ0n) is 21.4. The summed E-state index contributed by atoms with van der Waals surface area (Å²) in [6, 6.07) is 17.7. The lowest BCUT2D eigenvalue weighted by molar-refractivity contribution is 0.102. The second-order valence-electron chi connectivity index (χ2n) is 8.76. The maximum atomic E-state index is 13.7. The summed E-state index contributed by atoms with van der Waals surface area (Å²) in [5, 5.41) is 7.57. The van der Waals surface area contributed by atoms with Crippen molar-refractivity contribution < 1.29 is 18.8 Å². The van der Waals surface area contributed by atoms with Crippen LogP contribution in [0.15, 0.2) is 76.2 Å². The normalized spacial score (nSPS) is 10.9. The Labute approximate surface area is 218 Å². The van der Waals surface area contributed by atoms with Crippen LogP contribution in [0, 0.1) is 13.8 Å². The van der Waals surface area contributed by atoms with Crippen molar-refractivity contribution in [2.45, 2.75) is 20.4 Å². The van der Waals surface area contributed by atoms with Crippen LogP contribution in [0.5, 0.6) is 11.5 Å². The number of ether oxygens (including phenoxy) is 2. The quantitative estimate of drug-likeness (QED) is 0.329. The molecule has 9 nitrogen and oxygen atoms in total. The third-order valence-electron chi connectivity index (χ3n) is 6.36. The van der Waals surface area contributed by atoms with E-state index in [0.717, 1.165) is 11.1 Å². The molecule has 9 heteroatoms. The average Bonchev–Trinajstić information content (AvgIpc) is 3.27. The van der Waals surface area contributed by atoms with Crippen LogP contribution in [0.2, 0.25) is 0 Å². The SMILES string of the molecule is COc1ccc(NC(=O)c2cc3cc(-c4c(C)noc4C)c(OC)cc3n(Cc3ccccn3)c2=O)cc1. The monoisotopic (exact) mass is 510 g/mol. The molecular weight excluding hydrogens is 484 g/mol. The van der Waals surface area contributed by atoms with Crippen LogP contribution in [0.3, 0.4) is 0 Å². The molecule has 0 radical (unpaired) electrons. The molecule has 3 aromatic heterocycles. The van der Waals surface area contributed by atoms with E-state index < -0.39 is 11.5 Å². The zero-order valence-corrected chi connectivity index (χ0v) is 21.4. The number of hydrogen-bond acceptors (Lipinski definition) is 7. The Kier molecular flexibility index (Phi) is 6.66. The van der Waals surface area contributed by atoms with Gasteiger partial charge in [0.25, 0.3) is 11.5 Å². The first-order valence-electron chi connectivity index (χ1n) is 11.9. The molecule has 192 valence electrons. The molecule has 1 amide bonds. The number of aryl methyl sites for hydroxylation is 2. The van der Waals surface area contributed by atoms with Gasteiger partial charge in [-0.1, -0.05) is 11.2 Å². The van der Waals surface area contributed by atoms with Gasteiger partial charge in [-0.15, -0.1) is 0 Å². The van der Waals surface area contributed by atoms with Gasteiger partial charge in [0, 0.05) is 28.9 Å². The summed E-state index contributed by atoms with van der Waals surface area (Å²) in [5.41, 5.74) is 3.64. The molecule has 0 atom stereocenters. The number of carbonyl (C=O) groups is 1. The predicted molar refractivity (Wildman–Crippen MR) is 144 cm³/mol. The van der Waals surface area contributed by atoms with Gasteiger partial charge in [-0.2, -0.15) is 0 Å². The molecule has 3 heterocycles. The average molecular weight is 511 g/mol. The number of hydrogen-bond donors (Lipinski definition) is 1. The van der Waals surface area contributed by atoms with Crippen molar-refractivity contribution >= 4 is 22.5 Å². The van der Waals surface area contributed by atoms with Crippen LogP contribution in [0.1, 0.15) is 27.5 Å². The second kappa shape index (κ2) is 10.2. The van der Waals surface area contributed by atoms with Crippen molar-refractivity contribution in [2.24, 2.45) is 0 Å². The van der Waals surface area contributed by atoms with E-state index in [1.165, 1.54) is 0 Å². The molecule has 0 saturated carbocycles. The fourth-order valence-electron chi connectivity index (χ4n) is 4.49. The Morgan fingerprint density at radius 2 is 1.82 bits per heavy atom. The lowest BCUT2D eigenvalue weighted by Gasteiger charge is -2.16. The lowest BCUT2D eigenvalue weighted by atomic mass is 9.99. The van der Waals surface area contributed by atoms with Crippen molar-refractivity contribution in [2.75, 3.05) is 19.5 Å². The fraction of sp³-hybridized carbons (Fsp3) is 0.172. The van der Waals surface area contributed by atoms with E-state index in [1.807, 2.05) is 38.1 Å². The fourth-order valence-corrected chi connectivity index (χ4v) is 4.49. The summed E-state index contributed by atoms with van der Waals surface area (Å²) >= 11 is 0. The van der Waals surface area contributed by atoms with Crippen molar-refractivity contribution in [1.29, 1.82) is 0 Å². The first kappa shape index (κ1) is 24.8. The minimum atomic E-state index is -0.522. The van der Waals surface area contributed by atoms with Gasteiger partial charge in [0.05, 0.1) is 43.2 Å². The highest BCUT2D eigenvalue weighted by atomic mass is 16.5. The van der Waals surface area contributed by atoms with Gasteiger partial charge in [-0.05, 0) is 62.4 Å². The topological polar surface area (TPSA) is 108 Å². The zero-order chi connectivity index (χ0) is 26.8. The van der Waals surface area contributed by atoms with Crippen LogP contribution in [-0.4, -0.2) is 34.8 Å². The largest absolute Gasteiger partial charge is 0.497 e. The minimum Gasteiger partial charge on any atom is -0.497 e. The van der Waals surface area contributed by atoms with Gasteiger partial charge in [0.1, 0.15) is 22.8 Å². The summed E-state index contributed by atoms with van der Waals surface area (Å²) in [4.78, 5) is 31.5. The Hall–Kier alpha value is -4.92. The Morgan fingerprint density at radius 1 is 1.03 bits per heavy atom. The predicted octanol–water partition coefficient (Wildman–Crippen LogP) is 4.99. The van der Waals surface area contributed by atoms with E-state index in [1.54, 1.807) is 61.4 Å². The van der Waals surface area contributed by atoms with Crippen LogP contribution in [0.4, 0.5) is 5.69 Å². The molecule has 5 rings (SSSR count). The summed E-state index contributed by atoms with van der Waals surface area (Å²) < 4.78 is 17.8. The number of nitrogens with zero attached hydrogens (tertiary/aromatic N) is 3. The molecule has 0 aliphatic rings. The van der Waals surface area contributed by atoms with Gasteiger partial charge < -0.3 is 23.9 Å². The third kappa shape index (κ3) is 4.61. The molecule has 0 bridgehead atoms. The van der Waals surface area contributed by atoms with Crippen LogP contribution < -0.4 is 20.3 Å². The highest BCUT2D eigenvalue weighted by Gasteiger charge is 2.21. The first-order chi connectivity index (χ1) is 18.4. The smallest absolute Gasteiger partial charge is 0.264 e. The molecule has 5 aromatic rings. The molecular formula is C29H26N4O5. The number of methoxy groups -OCH3 is 2. The van der Waals surface area contributed by atoms with Crippen LogP contribution >= 0.6 is 0 Å². The lowest BCUT2D eigenvalue weighted by Crippen LogP contribution is -2.30. The van der Waals surface area contributed by atoms with E-state index in [0.29, 0.717) is 45.2 Å². The molecule has 2 aromatic carbocycles. The van der Waals surface area contributed by atoms with Gasteiger partial charge in [-0.3, -0.25) is 14.6 Å². The third-order valence-corrected chi connectivity index (χ3v) is 6.36. The van der Waals surface area contributed by atoms with Gasteiger partial charge in [-0.25, -0.2) is 0 Å². The van der Waals surface area contributed by atoms with Crippen molar-refractivity contribution in [1.82, 2.24) is 14.7 Å². The minimum absolute atomic E-state index is 0.000807.